The van der Waals surface area contributed by atoms with Gasteiger partial charge in [0.1, 0.15) is 5.75 Å². The first kappa shape index (κ1) is 24.4. The van der Waals surface area contributed by atoms with Crippen molar-refractivity contribution in [2.24, 2.45) is 5.92 Å². The van der Waals surface area contributed by atoms with Gasteiger partial charge in [-0.05, 0) is 64.3 Å². The number of fused-ring (bicyclic) bond motifs is 1. The Kier molecular flexibility index (Phi) is 6.75. The Morgan fingerprint density at radius 2 is 1.86 bits per heavy atom. The number of carbonyl (C=O) groups is 1. The second-order valence-electron chi connectivity index (χ2n) is 9.61. The van der Waals surface area contributed by atoms with Gasteiger partial charge in [0, 0.05) is 25.6 Å². The monoisotopic (exact) mass is 494 g/mol. The smallest absolute Gasteiger partial charge is 0.401 e. The van der Waals surface area contributed by atoms with E-state index in [-0.39, 0.29) is 24.3 Å². The third-order valence-electron chi connectivity index (χ3n) is 7.18. The van der Waals surface area contributed by atoms with Gasteiger partial charge in [-0.15, -0.1) is 0 Å². The van der Waals surface area contributed by atoms with Crippen LogP contribution < -0.4 is 10.1 Å². The molecule has 1 heterocycles. The third kappa shape index (κ3) is 5.41. The molecule has 4 nitrogen and oxygen atoms in total. The van der Waals surface area contributed by atoms with E-state index in [0.717, 1.165) is 40.0 Å². The topological polar surface area (TPSA) is 41.6 Å². The predicted octanol–water partition coefficient (Wildman–Crippen LogP) is 5.70. The van der Waals surface area contributed by atoms with Gasteiger partial charge in [0.25, 0.3) is 0 Å². The standard InChI is InChI=1S/C29H29F3N2O2/c1-36-22-9-5-8-20(14-22)23-11-10-21(27-17-34(13-12-24(23)27)18-29(30,31)32)16-33-28(35)26-15-25(26)19-6-3-2-4-7-19/h2-11,14,25-26H,12-13,15-18H2,1H3,(H,33,35)/t25-,26+/m1/s1. The molecule has 1 saturated carbocycles. The molecule has 1 aliphatic carbocycles. The maximum Gasteiger partial charge on any atom is 0.401 e. The van der Waals surface area contributed by atoms with Gasteiger partial charge in [0.2, 0.25) is 5.91 Å². The second-order valence-corrected chi connectivity index (χ2v) is 9.61. The number of benzene rings is 3. The maximum atomic E-state index is 13.2. The molecule has 0 spiro atoms. The summed E-state index contributed by atoms with van der Waals surface area (Å²) in [6.45, 7) is -0.103. The van der Waals surface area contributed by atoms with E-state index in [2.05, 4.69) is 5.32 Å². The van der Waals surface area contributed by atoms with E-state index in [0.29, 0.717) is 19.5 Å². The molecule has 0 radical (unpaired) electrons. The number of nitrogens with zero attached hydrogens (tertiary/aromatic N) is 1. The Balaban J connectivity index is 1.38. The molecular formula is C29H29F3N2O2. The van der Waals surface area contributed by atoms with E-state index in [4.69, 9.17) is 4.74 Å². The van der Waals surface area contributed by atoms with Crippen LogP contribution in [0.1, 0.15) is 34.6 Å². The van der Waals surface area contributed by atoms with E-state index >= 15 is 0 Å². The molecule has 0 saturated heterocycles. The number of rotatable bonds is 7. The first-order chi connectivity index (χ1) is 17.3. The molecule has 0 unspecified atom stereocenters. The largest absolute Gasteiger partial charge is 0.497 e. The van der Waals surface area contributed by atoms with E-state index in [9.17, 15) is 18.0 Å². The maximum absolute atomic E-state index is 13.2. The molecule has 1 amide bonds. The molecular weight excluding hydrogens is 465 g/mol. The third-order valence-corrected chi connectivity index (χ3v) is 7.18. The summed E-state index contributed by atoms with van der Waals surface area (Å²) < 4.78 is 44.8. The van der Waals surface area contributed by atoms with Crippen LogP contribution in [-0.2, 0) is 24.3 Å². The van der Waals surface area contributed by atoms with Crippen LogP contribution in [0.25, 0.3) is 11.1 Å². The van der Waals surface area contributed by atoms with Crippen molar-refractivity contribution in [1.29, 1.82) is 0 Å². The molecule has 0 bridgehead atoms. The summed E-state index contributed by atoms with van der Waals surface area (Å²) in [6.07, 6.45) is -2.92. The van der Waals surface area contributed by atoms with E-state index in [1.807, 2.05) is 66.7 Å². The average molecular weight is 495 g/mol. The van der Waals surface area contributed by atoms with Gasteiger partial charge in [-0.2, -0.15) is 13.2 Å². The van der Waals surface area contributed by atoms with E-state index < -0.39 is 12.7 Å². The fraction of sp³-hybridized carbons (Fsp3) is 0.345. The summed E-state index contributed by atoms with van der Waals surface area (Å²) in [7, 11) is 1.61. The quantitative estimate of drug-likeness (QED) is 0.458. The summed E-state index contributed by atoms with van der Waals surface area (Å²) >= 11 is 0. The highest BCUT2D eigenvalue weighted by Crippen LogP contribution is 2.47. The molecule has 2 atom stereocenters. The Hall–Kier alpha value is -3.32. The Bertz CT molecular complexity index is 1240. The van der Waals surface area contributed by atoms with Crippen LogP contribution in [0.15, 0.2) is 66.7 Å². The SMILES string of the molecule is COc1cccc(-c2ccc(CNC(=O)[C@H]3C[C@@H]3c3ccccc3)c3c2CCN(CC(F)(F)F)C3)c1. The summed E-state index contributed by atoms with van der Waals surface area (Å²) in [5.41, 5.74) is 5.92. The molecule has 7 heteroatoms. The van der Waals surface area contributed by atoms with Crippen LogP contribution in [0.2, 0.25) is 0 Å². The number of methoxy groups -OCH3 is 1. The molecule has 5 rings (SSSR count). The number of nitrogens with one attached hydrogen (secondary N) is 1. The minimum atomic E-state index is -4.26. The fourth-order valence-electron chi connectivity index (χ4n) is 5.28. The molecule has 2 aliphatic rings. The van der Waals surface area contributed by atoms with Crippen LogP contribution in [0.4, 0.5) is 13.2 Å². The van der Waals surface area contributed by atoms with Crippen LogP contribution in [0.3, 0.4) is 0 Å². The number of amides is 1. The molecule has 3 aromatic carbocycles. The molecule has 36 heavy (non-hydrogen) atoms. The fourth-order valence-corrected chi connectivity index (χ4v) is 5.28. The van der Waals surface area contributed by atoms with Gasteiger partial charge in [-0.25, -0.2) is 0 Å². The molecule has 1 aliphatic heterocycles. The van der Waals surface area contributed by atoms with Crippen molar-refractivity contribution in [3.05, 3.63) is 89.0 Å². The van der Waals surface area contributed by atoms with Gasteiger partial charge in [0.15, 0.2) is 0 Å². The van der Waals surface area contributed by atoms with E-state index in [1.54, 1.807) is 7.11 Å². The first-order valence-corrected chi connectivity index (χ1v) is 12.2. The van der Waals surface area contributed by atoms with Crippen molar-refractivity contribution in [3.63, 3.8) is 0 Å². The molecule has 3 aromatic rings. The van der Waals surface area contributed by atoms with Gasteiger partial charge in [-0.3, -0.25) is 9.69 Å². The Labute approximate surface area is 209 Å². The van der Waals surface area contributed by atoms with Crippen molar-refractivity contribution < 1.29 is 22.7 Å². The zero-order chi connectivity index (χ0) is 25.3. The van der Waals surface area contributed by atoms with Crippen molar-refractivity contribution in [1.82, 2.24) is 10.2 Å². The summed E-state index contributed by atoms with van der Waals surface area (Å²) in [6, 6.07) is 21.7. The zero-order valence-corrected chi connectivity index (χ0v) is 20.1. The number of halogens is 3. The zero-order valence-electron chi connectivity index (χ0n) is 20.1. The average Bonchev–Trinajstić information content (AvgIpc) is 3.68. The Morgan fingerprint density at radius 1 is 1.06 bits per heavy atom. The predicted molar refractivity (Wildman–Crippen MR) is 133 cm³/mol. The first-order valence-electron chi connectivity index (χ1n) is 12.2. The van der Waals surface area contributed by atoms with Gasteiger partial charge in [0.05, 0.1) is 13.7 Å². The number of hydrogen-bond donors (Lipinski definition) is 1. The number of alkyl halides is 3. The summed E-state index contributed by atoms with van der Waals surface area (Å²) in [4.78, 5) is 14.3. The highest BCUT2D eigenvalue weighted by atomic mass is 19.4. The second kappa shape index (κ2) is 9.97. The van der Waals surface area contributed by atoms with Gasteiger partial charge >= 0.3 is 6.18 Å². The van der Waals surface area contributed by atoms with Crippen LogP contribution >= 0.6 is 0 Å². The lowest BCUT2D eigenvalue weighted by atomic mass is 9.87. The lowest BCUT2D eigenvalue weighted by Gasteiger charge is -2.32. The lowest BCUT2D eigenvalue weighted by molar-refractivity contribution is -0.147. The van der Waals surface area contributed by atoms with Crippen LogP contribution in [0, 0.1) is 5.92 Å². The minimum Gasteiger partial charge on any atom is -0.497 e. The van der Waals surface area contributed by atoms with Crippen LogP contribution in [-0.4, -0.2) is 37.2 Å². The number of hydrogen-bond acceptors (Lipinski definition) is 3. The van der Waals surface area contributed by atoms with Gasteiger partial charge in [-0.1, -0.05) is 54.6 Å². The Morgan fingerprint density at radius 3 is 2.61 bits per heavy atom. The molecule has 188 valence electrons. The highest BCUT2D eigenvalue weighted by Gasteiger charge is 2.43. The van der Waals surface area contributed by atoms with Crippen molar-refractivity contribution >= 4 is 5.91 Å². The number of ether oxygens (including phenoxy) is 1. The lowest BCUT2D eigenvalue weighted by Crippen LogP contribution is -2.39. The van der Waals surface area contributed by atoms with Crippen LogP contribution in [0.5, 0.6) is 5.75 Å². The summed E-state index contributed by atoms with van der Waals surface area (Å²) in [5.74, 6) is 0.903. The number of carbonyl (C=O) groups excluding carboxylic acids is 1. The van der Waals surface area contributed by atoms with Crippen molar-refractivity contribution in [2.45, 2.75) is 38.0 Å². The molecule has 0 aromatic heterocycles. The normalized spacial score (nSPS) is 19.4. The molecule has 1 fully saturated rings. The molecule has 1 N–H and O–H groups in total. The van der Waals surface area contributed by atoms with Gasteiger partial charge < -0.3 is 10.1 Å². The highest BCUT2D eigenvalue weighted by molar-refractivity contribution is 5.83. The van der Waals surface area contributed by atoms with Crippen molar-refractivity contribution in [2.75, 3.05) is 20.2 Å². The van der Waals surface area contributed by atoms with E-state index in [1.165, 1.54) is 10.5 Å². The summed E-state index contributed by atoms with van der Waals surface area (Å²) in [5, 5.41) is 3.05. The van der Waals surface area contributed by atoms with Crippen molar-refractivity contribution in [3.8, 4) is 16.9 Å². The minimum absolute atomic E-state index is 0.00238.